The number of ether oxygens (including phenoxy) is 2. The average molecular weight is 348 g/mol. The monoisotopic (exact) mass is 347 g/mol. The van der Waals surface area contributed by atoms with Crippen molar-refractivity contribution >= 4 is 17.5 Å². The SMILES string of the molecule is CCN(CC)C(=O)c1ccc(OC)c(COc2ccccc2Cl)c1. The molecule has 2 aromatic carbocycles. The maximum Gasteiger partial charge on any atom is 0.253 e. The zero-order valence-electron chi connectivity index (χ0n) is 14.2. The van der Waals surface area contributed by atoms with Crippen molar-refractivity contribution < 1.29 is 14.3 Å². The molecule has 24 heavy (non-hydrogen) atoms. The number of para-hydroxylation sites is 1. The van der Waals surface area contributed by atoms with Gasteiger partial charge in [0, 0.05) is 24.2 Å². The Kier molecular flexibility index (Phi) is 6.50. The van der Waals surface area contributed by atoms with Crippen LogP contribution < -0.4 is 9.47 Å². The van der Waals surface area contributed by atoms with Gasteiger partial charge < -0.3 is 14.4 Å². The molecule has 0 fully saturated rings. The molecule has 5 heteroatoms. The predicted molar refractivity (Wildman–Crippen MR) is 96.0 cm³/mol. The smallest absolute Gasteiger partial charge is 0.253 e. The van der Waals surface area contributed by atoms with Crippen LogP contribution in [0.2, 0.25) is 5.02 Å². The maximum atomic E-state index is 12.5. The highest BCUT2D eigenvalue weighted by Crippen LogP contribution is 2.27. The van der Waals surface area contributed by atoms with Crippen LogP contribution in [-0.4, -0.2) is 31.0 Å². The molecule has 0 aromatic heterocycles. The van der Waals surface area contributed by atoms with Gasteiger partial charge in [-0.1, -0.05) is 23.7 Å². The fourth-order valence-corrected chi connectivity index (χ4v) is 2.63. The Labute approximate surface area is 147 Å². The van der Waals surface area contributed by atoms with Crippen LogP contribution in [0.25, 0.3) is 0 Å². The second-order valence-corrected chi connectivity index (χ2v) is 5.63. The van der Waals surface area contributed by atoms with Gasteiger partial charge in [0.2, 0.25) is 0 Å². The summed E-state index contributed by atoms with van der Waals surface area (Å²) >= 11 is 6.11. The first-order valence-corrected chi connectivity index (χ1v) is 8.32. The Hall–Kier alpha value is -2.20. The minimum absolute atomic E-state index is 0.00152. The summed E-state index contributed by atoms with van der Waals surface area (Å²) in [6.07, 6.45) is 0. The van der Waals surface area contributed by atoms with E-state index in [1.165, 1.54) is 0 Å². The summed E-state index contributed by atoms with van der Waals surface area (Å²) in [6.45, 7) is 5.55. The number of hydrogen-bond donors (Lipinski definition) is 0. The molecule has 0 unspecified atom stereocenters. The summed E-state index contributed by atoms with van der Waals surface area (Å²) in [5.74, 6) is 1.28. The maximum absolute atomic E-state index is 12.5. The van der Waals surface area contributed by atoms with E-state index in [1.54, 1.807) is 36.3 Å². The zero-order valence-corrected chi connectivity index (χ0v) is 15.0. The summed E-state index contributed by atoms with van der Waals surface area (Å²) < 4.78 is 11.2. The third-order valence-corrected chi connectivity index (χ3v) is 4.11. The molecule has 0 aliphatic carbocycles. The van der Waals surface area contributed by atoms with Crippen molar-refractivity contribution in [3.05, 3.63) is 58.6 Å². The Balaban J connectivity index is 2.23. The fourth-order valence-electron chi connectivity index (χ4n) is 2.44. The highest BCUT2D eigenvalue weighted by Gasteiger charge is 2.15. The molecule has 1 amide bonds. The van der Waals surface area contributed by atoms with Crippen LogP contribution >= 0.6 is 11.6 Å². The van der Waals surface area contributed by atoms with Crippen LogP contribution in [0.5, 0.6) is 11.5 Å². The van der Waals surface area contributed by atoms with E-state index in [0.29, 0.717) is 35.2 Å². The largest absolute Gasteiger partial charge is 0.496 e. The average Bonchev–Trinajstić information content (AvgIpc) is 2.61. The first-order chi connectivity index (χ1) is 11.6. The summed E-state index contributed by atoms with van der Waals surface area (Å²) in [7, 11) is 1.60. The van der Waals surface area contributed by atoms with E-state index in [0.717, 1.165) is 5.56 Å². The van der Waals surface area contributed by atoms with E-state index in [9.17, 15) is 4.79 Å². The predicted octanol–water partition coefficient (Wildman–Crippen LogP) is 4.41. The van der Waals surface area contributed by atoms with Crippen LogP contribution in [0.15, 0.2) is 42.5 Å². The highest BCUT2D eigenvalue weighted by molar-refractivity contribution is 6.32. The normalized spacial score (nSPS) is 10.3. The molecule has 2 aromatic rings. The second kappa shape index (κ2) is 8.60. The van der Waals surface area contributed by atoms with Gasteiger partial charge in [0.25, 0.3) is 5.91 Å². The van der Waals surface area contributed by atoms with Crippen LogP contribution in [0, 0.1) is 0 Å². The molecule has 128 valence electrons. The van der Waals surface area contributed by atoms with Gasteiger partial charge in [0.15, 0.2) is 0 Å². The number of carbonyl (C=O) groups is 1. The highest BCUT2D eigenvalue weighted by atomic mass is 35.5. The van der Waals surface area contributed by atoms with Crippen molar-refractivity contribution in [1.29, 1.82) is 0 Å². The number of halogens is 1. The van der Waals surface area contributed by atoms with E-state index in [4.69, 9.17) is 21.1 Å². The van der Waals surface area contributed by atoms with E-state index < -0.39 is 0 Å². The van der Waals surface area contributed by atoms with E-state index in [-0.39, 0.29) is 12.5 Å². The summed E-state index contributed by atoms with van der Waals surface area (Å²) in [4.78, 5) is 14.3. The quantitative estimate of drug-likeness (QED) is 0.744. The molecule has 0 aliphatic rings. The van der Waals surface area contributed by atoms with Crippen molar-refractivity contribution in [2.75, 3.05) is 20.2 Å². The van der Waals surface area contributed by atoms with Crippen LogP contribution in [0.4, 0.5) is 0 Å². The van der Waals surface area contributed by atoms with Crippen LogP contribution in [0.1, 0.15) is 29.8 Å². The van der Waals surface area contributed by atoms with E-state index in [1.807, 2.05) is 32.0 Å². The van der Waals surface area contributed by atoms with E-state index >= 15 is 0 Å². The van der Waals surface area contributed by atoms with E-state index in [2.05, 4.69) is 0 Å². The van der Waals surface area contributed by atoms with Crippen LogP contribution in [0.3, 0.4) is 0 Å². The Bertz CT molecular complexity index is 699. The topological polar surface area (TPSA) is 38.8 Å². The summed E-state index contributed by atoms with van der Waals surface area (Å²) in [5.41, 5.74) is 1.42. The molecular weight excluding hydrogens is 326 g/mol. The number of hydrogen-bond acceptors (Lipinski definition) is 3. The van der Waals surface area contributed by atoms with Crippen molar-refractivity contribution in [1.82, 2.24) is 4.90 Å². The standard InChI is InChI=1S/C19H22ClNO3/c1-4-21(5-2)19(22)14-10-11-17(23-3)15(12-14)13-24-18-9-7-6-8-16(18)20/h6-12H,4-5,13H2,1-3H3. The van der Waals surface area contributed by atoms with Gasteiger partial charge in [-0.2, -0.15) is 0 Å². The number of benzene rings is 2. The third kappa shape index (κ3) is 4.20. The molecule has 0 saturated heterocycles. The molecule has 4 nitrogen and oxygen atoms in total. The van der Waals surface area contributed by atoms with Gasteiger partial charge in [-0.3, -0.25) is 4.79 Å². The summed E-state index contributed by atoms with van der Waals surface area (Å²) in [5, 5.41) is 0.548. The number of rotatable bonds is 7. The minimum Gasteiger partial charge on any atom is -0.496 e. The lowest BCUT2D eigenvalue weighted by Crippen LogP contribution is -2.30. The molecule has 0 heterocycles. The van der Waals surface area contributed by atoms with Crippen molar-refractivity contribution in [3.63, 3.8) is 0 Å². The Morgan fingerprint density at radius 3 is 2.42 bits per heavy atom. The van der Waals surface area contributed by atoms with Gasteiger partial charge >= 0.3 is 0 Å². The minimum atomic E-state index is 0.00152. The molecule has 0 radical (unpaired) electrons. The second-order valence-electron chi connectivity index (χ2n) is 5.22. The summed E-state index contributed by atoms with van der Waals surface area (Å²) in [6, 6.07) is 12.7. The van der Waals surface area contributed by atoms with Gasteiger partial charge in [0.05, 0.1) is 12.1 Å². The van der Waals surface area contributed by atoms with Gasteiger partial charge in [-0.25, -0.2) is 0 Å². The zero-order chi connectivity index (χ0) is 17.5. The van der Waals surface area contributed by atoms with Gasteiger partial charge in [0.1, 0.15) is 18.1 Å². The molecule has 0 bridgehead atoms. The third-order valence-electron chi connectivity index (χ3n) is 3.80. The first kappa shape index (κ1) is 18.1. The first-order valence-electron chi connectivity index (χ1n) is 7.94. The van der Waals surface area contributed by atoms with Crippen molar-refractivity contribution in [2.24, 2.45) is 0 Å². The van der Waals surface area contributed by atoms with Gasteiger partial charge in [-0.15, -0.1) is 0 Å². The molecule has 0 spiro atoms. The molecule has 0 N–H and O–H groups in total. The lowest BCUT2D eigenvalue weighted by molar-refractivity contribution is 0.0772. The lowest BCUT2D eigenvalue weighted by Gasteiger charge is -2.19. The number of nitrogens with zero attached hydrogens (tertiary/aromatic N) is 1. The lowest BCUT2D eigenvalue weighted by atomic mass is 10.1. The van der Waals surface area contributed by atoms with Gasteiger partial charge in [-0.05, 0) is 44.2 Å². The van der Waals surface area contributed by atoms with Crippen molar-refractivity contribution in [2.45, 2.75) is 20.5 Å². The fraction of sp³-hybridized carbons (Fsp3) is 0.316. The van der Waals surface area contributed by atoms with Crippen molar-refractivity contribution in [3.8, 4) is 11.5 Å². The Morgan fingerprint density at radius 1 is 1.08 bits per heavy atom. The molecular formula is C19H22ClNO3. The molecule has 0 aliphatic heterocycles. The number of amides is 1. The molecule has 0 atom stereocenters. The van der Waals surface area contributed by atoms with Crippen LogP contribution in [-0.2, 0) is 6.61 Å². The molecule has 2 rings (SSSR count). The Morgan fingerprint density at radius 2 is 1.79 bits per heavy atom. The number of methoxy groups -OCH3 is 1. The number of carbonyl (C=O) groups excluding carboxylic acids is 1. The molecule has 0 saturated carbocycles.